The zero-order valence-electron chi connectivity index (χ0n) is 6.64. The maximum atomic E-state index is 10.6. The molecule has 68 valence electrons. The maximum absolute atomic E-state index is 10.6. The number of hydrogen-bond acceptors (Lipinski definition) is 3. The molecular formula is C7H11NO3S. The molecule has 0 saturated carbocycles. The van der Waals surface area contributed by atoms with Crippen molar-refractivity contribution < 1.29 is 13.5 Å². The lowest BCUT2D eigenvalue weighted by molar-refractivity contribution is 0.399. The molecule has 3 N–H and O–H groups in total. The summed E-state index contributed by atoms with van der Waals surface area (Å²) in [4.78, 5) is 0.148. The van der Waals surface area contributed by atoms with Crippen LogP contribution in [0.25, 0.3) is 0 Å². The number of rotatable bonds is 1. The van der Waals surface area contributed by atoms with Gasteiger partial charge in [-0.3, -0.25) is 0 Å². The summed E-state index contributed by atoms with van der Waals surface area (Å²) in [5.74, 6) is 0. The fourth-order valence-corrected chi connectivity index (χ4v) is 1.15. The Hall–Kier alpha value is -0.910. The van der Waals surface area contributed by atoms with Crippen molar-refractivity contribution in [3.8, 4) is 0 Å². The van der Waals surface area contributed by atoms with Gasteiger partial charge in [0.2, 0.25) is 10.0 Å². The molecule has 0 aromatic heterocycles. The standard InChI is InChI=1S/C6H7NO2S.CH4O/c7-10(8,9)6-4-2-1-3-5-6;1-2/h1-5H,(H2,7,8,9);2H,1H3. The largest absolute Gasteiger partial charge is 0.400 e. The molecule has 0 aliphatic heterocycles. The molecule has 0 amide bonds. The molecule has 0 saturated heterocycles. The topological polar surface area (TPSA) is 80.4 Å². The monoisotopic (exact) mass is 189 g/mol. The second-order valence-corrected chi connectivity index (χ2v) is 3.42. The number of sulfonamides is 1. The Morgan fingerprint density at radius 1 is 1.17 bits per heavy atom. The summed E-state index contributed by atoms with van der Waals surface area (Å²) in [5.41, 5.74) is 0. The first kappa shape index (κ1) is 11.1. The van der Waals surface area contributed by atoms with Crippen LogP contribution in [0.4, 0.5) is 0 Å². The van der Waals surface area contributed by atoms with Crippen molar-refractivity contribution >= 4 is 10.0 Å². The van der Waals surface area contributed by atoms with Crippen LogP contribution < -0.4 is 5.14 Å². The van der Waals surface area contributed by atoms with Gasteiger partial charge in [0.05, 0.1) is 4.90 Å². The number of primary sulfonamides is 1. The predicted octanol–water partition coefficient (Wildman–Crippen LogP) is -0.0575. The van der Waals surface area contributed by atoms with Gasteiger partial charge in [0.25, 0.3) is 0 Å². The van der Waals surface area contributed by atoms with E-state index in [0.29, 0.717) is 0 Å². The molecule has 0 bridgehead atoms. The van der Waals surface area contributed by atoms with E-state index in [1.54, 1.807) is 18.2 Å². The zero-order valence-corrected chi connectivity index (χ0v) is 7.45. The molecule has 1 aromatic carbocycles. The molecule has 0 fully saturated rings. The fraction of sp³-hybridized carbons (Fsp3) is 0.143. The number of benzene rings is 1. The first-order valence-corrected chi connectivity index (χ1v) is 4.68. The summed E-state index contributed by atoms with van der Waals surface area (Å²) in [6, 6.07) is 7.89. The van der Waals surface area contributed by atoms with E-state index < -0.39 is 10.0 Å². The van der Waals surface area contributed by atoms with Crippen LogP contribution >= 0.6 is 0 Å². The Morgan fingerprint density at radius 2 is 1.58 bits per heavy atom. The average Bonchev–Trinajstić information content (AvgIpc) is 2.08. The third-order valence-electron chi connectivity index (χ3n) is 1.07. The van der Waals surface area contributed by atoms with Crippen molar-refractivity contribution in [1.29, 1.82) is 0 Å². The van der Waals surface area contributed by atoms with Crippen molar-refractivity contribution in [2.75, 3.05) is 7.11 Å². The molecule has 1 aromatic rings. The Bertz CT molecular complexity index is 307. The highest BCUT2D eigenvalue weighted by Gasteiger charge is 2.03. The van der Waals surface area contributed by atoms with Crippen LogP contribution in [-0.2, 0) is 10.0 Å². The molecule has 0 heterocycles. The van der Waals surface area contributed by atoms with Crippen molar-refractivity contribution in [2.24, 2.45) is 5.14 Å². The van der Waals surface area contributed by atoms with Gasteiger partial charge in [-0.25, -0.2) is 13.6 Å². The van der Waals surface area contributed by atoms with Crippen LogP contribution in [0.5, 0.6) is 0 Å². The smallest absolute Gasteiger partial charge is 0.238 e. The van der Waals surface area contributed by atoms with Gasteiger partial charge in [0.15, 0.2) is 0 Å². The molecular weight excluding hydrogens is 178 g/mol. The van der Waals surface area contributed by atoms with Gasteiger partial charge < -0.3 is 5.11 Å². The van der Waals surface area contributed by atoms with Crippen molar-refractivity contribution in [3.63, 3.8) is 0 Å². The van der Waals surface area contributed by atoms with Gasteiger partial charge >= 0.3 is 0 Å². The minimum atomic E-state index is -3.50. The van der Waals surface area contributed by atoms with Crippen molar-refractivity contribution in [1.82, 2.24) is 0 Å². The highest BCUT2D eigenvalue weighted by Crippen LogP contribution is 2.02. The molecule has 0 unspecified atom stereocenters. The minimum Gasteiger partial charge on any atom is -0.400 e. The molecule has 0 radical (unpaired) electrons. The maximum Gasteiger partial charge on any atom is 0.238 e. The average molecular weight is 189 g/mol. The Morgan fingerprint density at radius 3 is 1.83 bits per heavy atom. The molecule has 0 aliphatic carbocycles. The summed E-state index contributed by atoms with van der Waals surface area (Å²) in [6.45, 7) is 0. The first-order chi connectivity index (χ1) is 5.61. The van der Waals surface area contributed by atoms with E-state index in [-0.39, 0.29) is 4.90 Å². The van der Waals surface area contributed by atoms with Crippen LogP contribution in [0.15, 0.2) is 35.2 Å². The number of nitrogens with two attached hydrogens (primary N) is 1. The summed E-state index contributed by atoms with van der Waals surface area (Å²) in [7, 11) is -2.50. The third-order valence-corrected chi connectivity index (χ3v) is 2.00. The molecule has 1 rings (SSSR count). The second-order valence-electron chi connectivity index (χ2n) is 1.86. The SMILES string of the molecule is CO.NS(=O)(=O)c1ccccc1. The lowest BCUT2D eigenvalue weighted by Crippen LogP contribution is -2.11. The quantitative estimate of drug-likeness (QED) is 0.649. The van der Waals surface area contributed by atoms with Crippen LogP contribution in [0, 0.1) is 0 Å². The first-order valence-electron chi connectivity index (χ1n) is 3.13. The van der Waals surface area contributed by atoms with Gasteiger partial charge in [-0.15, -0.1) is 0 Å². The molecule has 0 atom stereocenters. The number of aliphatic hydroxyl groups excluding tert-OH is 1. The summed E-state index contributed by atoms with van der Waals surface area (Å²) in [6.07, 6.45) is 0. The van der Waals surface area contributed by atoms with Gasteiger partial charge in [0, 0.05) is 7.11 Å². The number of aliphatic hydroxyl groups is 1. The lowest BCUT2D eigenvalue weighted by atomic mass is 10.4. The highest BCUT2D eigenvalue weighted by atomic mass is 32.2. The van der Waals surface area contributed by atoms with Crippen molar-refractivity contribution in [2.45, 2.75) is 4.90 Å². The van der Waals surface area contributed by atoms with Gasteiger partial charge in [-0.05, 0) is 12.1 Å². The van der Waals surface area contributed by atoms with Crippen LogP contribution in [0.1, 0.15) is 0 Å². The minimum absolute atomic E-state index is 0.148. The molecule has 0 spiro atoms. The van der Waals surface area contributed by atoms with E-state index in [2.05, 4.69) is 0 Å². The van der Waals surface area contributed by atoms with Crippen LogP contribution in [0.3, 0.4) is 0 Å². The van der Waals surface area contributed by atoms with E-state index in [0.717, 1.165) is 7.11 Å². The molecule has 0 aliphatic rings. The summed E-state index contributed by atoms with van der Waals surface area (Å²) >= 11 is 0. The fourth-order valence-electron chi connectivity index (χ4n) is 0.610. The van der Waals surface area contributed by atoms with Gasteiger partial charge in [-0.2, -0.15) is 0 Å². The Kier molecular flexibility index (Phi) is 4.50. The summed E-state index contributed by atoms with van der Waals surface area (Å²) in [5, 5.41) is 11.8. The molecule has 5 heteroatoms. The number of hydrogen-bond donors (Lipinski definition) is 2. The zero-order chi connectivity index (χ0) is 9.61. The predicted molar refractivity (Wildman–Crippen MR) is 46.0 cm³/mol. The molecule has 4 nitrogen and oxygen atoms in total. The van der Waals surface area contributed by atoms with Gasteiger partial charge in [-0.1, -0.05) is 18.2 Å². The summed E-state index contributed by atoms with van der Waals surface area (Å²) < 4.78 is 21.2. The Balaban J connectivity index is 0.000000561. The van der Waals surface area contributed by atoms with E-state index in [1.807, 2.05) is 0 Å². The van der Waals surface area contributed by atoms with E-state index >= 15 is 0 Å². The van der Waals surface area contributed by atoms with Crippen LogP contribution in [0.2, 0.25) is 0 Å². The van der Waals surface area contributed by atoms with E-state index in [9.17, 15) is 8.42 Å². The van der Waals surface area contributed by atoms with E-state index in [4.69, 9.17) is 10.2 Å². The van der Waals surface area contributed by atoms with E-state index in [1.165, 1.54) is 12.1 Å². The third kappa shape index (κ3) is 3.47. The second kappa shape index (κ2) is 4.87. The van der Waals surface area contributed by atoms with Gasteiger partial charge in [0.1, 0.15) is 0 Å². The molecule has 12 heavy (non-hydrogen) atoms. The normalized spacial score (nSPS) is 9.92. The van der Waals surface area contributed by atoms with Crippen LogP contribution in [-0.4, -0.2) is 20.6 Å². The highest BCUT2D eigenvalue weighted by molar-refractivity contribution is 7.89. The Labute approximate surface area is 71.7 Å². The van der Waals surface area contributed by atoms with Crippen molar-refractivity contribution in [3.05, 3.63) is 30.3 Å². The lowest BCUT2D eigenvalue weighted by Gasteiger charge is -1.93.